The van der Waals surface area contributed by atoms with E-state index in [2.05, 4.69) is 5.32 Å². The van der Waals surface area contributed by atoms with E-state index in [1.807, 2.05) is 24.3 Å². The predicted octanol–water partition coefficient (Wildman–Crippen LogP) is 3.40. The van der Waals surface area contributed by atoms with Crippen LogP contribution in [0.3, 0.4) is 0 Å². The molecule has 0 saturated carbocycles. The molecule has 104 valence electrons. The van der Waals surface area contributed by atoms with E-state index < -0.39 is 11.9 Å². The van der Waals surface area contributed by atoms with Gasteiger partial charge >= 0.3 is 0 Å². The molecule has 20 heavy (non-hydrogen) atoms. The maximum Gasteiger partial charge on any atom is 0.130 e. The summed E-state index contributed by atoms with van der Waals surface area (Å²) < 4.78 is 14.0. The molecule has 0 bridgehead atoms. The molecule has 0 fully saturated rings. The highest BCUT2D eigenvalue weighted by Crippen LogP contribution is 2.37. The van der Waals surface area contributed by atoms with Gasteiger partial charge in [-0.05, 0) is 36.2 Å². The average Bonchev–Trinajstić information content (AvgIpc) is 2.46. The number of benzene rings is 2. The van der Waals surface area contributed by atoms with E-state index in [1.54, 1.807) is 6.07 Å². The van der Waals surface area contributed by atoms with Gasteiger partial charge in [-0.15, -0.1) is 0 Å². The molecular weight excluding hydrogens is 277 g/mol. The molecule has 2 aromatic carbocycles. The van der Waals surface area contributed by atoms with Gasteiger partial charge < -0.3 is 10.4 Å². The molecule has 0 amide bonds. The Balaban J connectivity index is 2.02. The molecule has 1 aliphatic heterocycles. The first-order valence-electron chi connectivity index (χ1n) is 6.61. The van der Waals surface area contributed by atoms with Crippen LogP contribution in [0, 0.1) is 5.82 Å². The first-order valence-corrected chi connectivity index (χ1v) is 6.99. The van der Waals surface area contributed by atoms with Gasteiger partial charge in [-0.25, -0.2) is 4.39 Å². The smallest absolute Gasteiger partial charge is 0.130 e. The molecule has 1 aliphatic rings. The van der Waals surface area contributed by atoms with E-state index in [-0.39, 0.29) is 16.6 Å². The minimum Gasteiger partial charge on any atom is -0.386 e. The van der Waals surface area contributed by atoms with Crippen molar-refractivity contribution in [2.45, 2.75) is 18.6 Å². The molecule has 3 rings (SSSR count). The summed E-state index contributed by atoms with van der Waals surface area (Å²) in [7, 11) is 0. The normalized spacial score (nSPS) is 19.4. The zero-order valence-electron chi connectivity index (χ0n) is 10.8. The van der Waals surface area contributed by atoms with E-state index in [1.165, 1.54) is 17.7 Å². The highest BCUT2D eigenvalue weighted by Gasteiger charge is 2.30. The lowest BCUT2D eigenvalue weighted by Gasteiger charge is -2.31. The number of fused-ring (bicyclic) bond motifs is 1. The molecule has 2 atom stereocenters. The SMILES string of the molecule is OC(c1c(F)cccc1Cl)C1NCCc2ccccc21. The Bertz CT molecular complexity index is 611. The molecular formula is C16H15ClFNO. The second-order valence-electron chi connectivity index (χ2n) is 4.96. The molecule has 0 spiro atoms. The Morgan fingerprint density at radius 2 is 2.00 bits per heavy atom. The van der Waals surface area contributed by atoms with Crippen molar-refractivity contribution in [2.75, 3.05) is 6.54 Å². The van der Waals surface area contributed by atoms with Gasteiger partial charge in [0.2, 0.25) is 0 Å². The fourth-order valence-corrected chi connectivity index (χ4v) is 3.05. The van der Waals surface area contributed by atoms with E-state index in [0.29, 0.717) is 0 Å². The first-order chi connectivity index (χ1) is 9.68. The summed E-state index contributed by atoms with van der Waals surface area (Å²) in [6.07, 6.45) is -0.102. The Morgan fingerprint density at radius 3 is 2.80 bits per heavy atom. The lowest BCUT2D eigenvalue weighted by Crippen LogP contribution is -2.34. The summed E-state index contributed by atoms with van der Waals surface area (Å²) in [4.78, 5) is 0. The van der Waals surface area contributed by atoms with Crippen molar-refractivity contribution in [1.29, 1.82) is 0 Å². The van der Waals surface area contributed by atoms with E-state index in [9.17, 15) is 9.50 Å². The van der Waals surface area contributed by atoms with Crippen LogP contribution in [0.4, 0.5) is 4.39 Å². The lowest BCUT2D eigenvalue weighted by atomic mass is 9.88. The van der Waals surface area contributed by atoms with E-state index >= 15 is 0 Å². The van der Waals surface area contributed by atoms with Gasteiger partial charge in [-0.1, -0.05) is 41.9 Å². The van der Waals surface area contributed by atoms with Gasteiger partial charge in [-0.3, -0.25) is 0 Å². The minimum atomic E-state index is -1.01. The molecule has 2 N–H and O–H groups in total. The van der Waals surface area contributed by atoms with Gasteiger partial charge in [0.1, 0.15) is 11.9 Å². The summed E-state index contributed by atoms with van der Waals surface area (Å²) >= 11 is 6.04. The van der Waals surface area contributed by atoms with Crippen LogP contribution in [0.5, 0.6) is 0 Å². The molecule has 4 heteroatoms. The van der Waals surface area contributed by atoms with Crippen LogP contribution in [-0.2, 0) is 6.42 Å². The molecule has 0 aromatic heterocycles. The molecule has 2 aromatic rings. The predicted molar refractivity (Wildman–Crippen MR) is 77.3 cm³/mol. The molecule has 1 heterocycles. The highest BCUT2D eigenvalue weighted by molar-refractivity contribution is 6.31. The molecule has 0 saturated heterocycles. The molecule has 0 radical (unpaired) electrons. The van der Waals surface area contributed by atoms with Crippen molar-refractivity contribution < 1.29 is 9.50 Å². The van der Waals surface area contributed by atoms with Crippen molar-refractivity contribution in [3.63, 3.8) is 0 Å². The summed E-state index contributed by atoms with van der Waals surface area (Å²) in [6.45, 7) is 0.755. The summed E-state index contributed by atoms with van der Waals surface area (Å²) in [5.41, 5.74) is 2.34. The van der Waals surface area contributed by atoms with Gasteiger partial charge in [0.15, 0.2) is 0 Å². The maximum atomic E-state index is 14.0. The van der Waals surface area contributed by atoms with Crippen LogP contribution in [0.15, 0.2) is 42.5 Å². The standard InChI is InChI=1S/C16H15ClFNO/c17-12-6-3-7-13(18)14(12)16(20)15-11-5-2-1-4-10(11)8-9-19-15/h1-7,15-16,19-20H,8-9H2. The van der Waals surface area contributed by atoms with Gasteiger partial charge in [0.05, 0.1) is 6.04 Å². The van der Waals surface area contributed by atoms with Crippen LogP contribution >= 0.6 is 11.6 Å². The van der Waals surface area contributed by atoms with E-state index in [4.69, 9.17) is 11.6 Å². The van der Waals surface area contributed by atoms with Crippen LogP contribution in [0.1, 0.15) is 28.8 Å². The largest absolute Gasteiger partial charge is 0.386 e. The monoisotopic (exact) mass is 291 g/mol. The minimum absolute atomic E-state index is 0.156. The highest BCUT2D eigenvalue weighted by atomic mass is 35.5. The molecule has 2 nitrogen and oxygen atoms in total. The summed E-state index contributed by atoms with van der Waals surface area (Å²) in [5, 5.41) is 14.1. The number of hydrogen-bond donors (Lipinski definition) is 2. The quantitative estimate of drug-likeness (QED) is 0.889. The number of rotatable bonds is 2. The van der Waals surface area contributed by atoms with Crippen molar-refractivity contribution in [3.8, 4) is 0 Å². The van der Waals surface area contributed by atoms with Gasteiger partial charge in [-0.2, -0.15) is 0 Å². The van der Waals surface area contributed by atoms with Crippen LogP contribution in [0.25, 0.3) is 0 Å². The topological polar surface area (TPSA) is 32.3 Å². The Hall–Kier alpha value is -1.42. The number of hydrogen-bond acceptors (Lipinski definition) is 2. The van der Waals surface area contributed by atoms with Crippen molar-refractivity contribution in [3.05, 3.63) is 70.0 Å². The Labute approximate surface area is 122 Å². The first kappa shape index (κ1) is 13.6. The van der Waals surface area contributed by atoms with Crippen molar-refractivity contribution >= 4 is 11.6 Å². The Morgan fingerprint density at radius 1 is 1.20 bits per heavy atom. The second-order valence-corrected chi connectivity index (χ2v) is 5.37. The van der Waals surface area contributed by atoms with Gasteiger partial charge in [0, 0.05) is 10.6 Å². The average molecular weight is 292 g/mol. The fraction of sp³-hybridized carbons (Fsp3) is 0.250. The third kappa shape index (κ3) is 2.33. The lowest BCUT2D eigenvalue weighted by molar-refractivity contribution is 0.121. The third-order valence-corrected chi connectivity index (χ3v) is 4.09. The van der Waals surface area contributed by atoms with Crippen LogP contribution in [-0.4, -0.2) is 11.7 Å². The zero-order chi connectivity index (χ0) is 14.1. The third-order valence-electron chi connectivity index (χ3n) is 3.76. The van der Waals surface area contributed by atoms with Crippen molar-refractivity contribution in [2.24, 2.45) is 0 Å². The number of aliphatic hydroxyl groups excluding tert-OH is 1. The summed E-state index contributed by atoms with van der Waals surface area (Å²) in [5.74, 6) is -0.477. The maximum absolute atomic E-state index is 14.0. The van der Waals surface area contributed by atoms with Crippen LogP contribution < -0.4 is 5.32 Å². The zero-order valence-corrected chi connectivity index (χ0v) is 11.6. The number of halogens is 2. The Kier molecular flexibility index (Phi) is 3.74. The fourth-order valence-electron chi connectivity index (χ4n) is 2.78. The van der Waals surface area contributed by atoms with Crippen molar-refractivity contribution in [1.82, 2.24) is 5.32 Å². The van der Waals surface area contributed by atoms with Crippen LogP contribution in [0.2, 0.25) is 5.02 Å². The second kappa shape index (κ2) is 5.52. The summed E-state index contributed by atoms with van der Waals surface area (Å²) in [6, 6.07) is 12.0. The van der Waals surface area contributed by atoms with Gasteiger partial charge in [0.25, 0.3) is 0 Å². The van der Waals surface area contributed by atoms with E-state index in [0.717, 1.165) is 18.5 Å². The molecule has 2 unspecified atom stereocenters. The number of nitrogens with one attached hydrogen (secondary N) is 1. The molecule has 0 aliphatic carbocycles. The number of aliphatic hydroxyl groups is 1.